The highest BCUT2D eigenvalue weighted by Gasteiger charge is 2.27. The van der Waals surface area contributed by atoms with Crippen LogP contribution in [0.4, 0.5) is 9.93 Å². The first kappa shape index (κ1) is 17.3. The Morgan fingerprint density at radius 1 is 1.29 bits per heavy atom. The normalized spacial score (nSPS) is 15.8. The summed E-state index contributed by atoms with van der Waals surface area (Å²) in [5.74, 6) is 0. The minimum atomic E-state index is 0.0656. The number of halogens is 1. The monoisotopic (exact) mass is 366 g/mol. The Balaban J connectivity index is 1.72. The highest BCUT2D eigenvalue weighted by molar-refractivity contribution is 7.22. The second-order valence-electron chi connectivity index (χ2n) is 6.54. The summed E-state index contributed by atoms with van der Waals surface area (Å²) < 4.78 is 1.06. The van der Waals surface area contributed by atoms with Gasteiger partial charge < -0.3 is 14.7 Å². The lowest BCUT2D eigenvalue weighted by atomic mass is 10.0. The van der Waals surface area contributed by atoms with Crippen LogP contribution in [0.1, 0.15) is 18.4 Å². The van der Waals surface area contributed by atoms with E-state index in [2.05, 4.69) is 11.8 Å². The maximum Gasteiger partial charge on any atom is 0.319 e. The van der Waals surface area contributed by atoms with Crippen LogP contribution in [0.2, 0.25) is 5.02 Å². The number of urea groups is 1. The topological polar surface area (TPSA) is 39.7 Å². The number of carbonyl (C=O) groups is 1. The van der Waals surface area contributed by atoms with Crippen LogP contribution >= 0.6 is 22.9 Å². The van der Waals surface area contributed by atoms with Gasteiger partial charge in [-0.15, -0.1) is 0 Å². The van der Waals surface area contributed by atoms with E-state index >= 15 is 0 Å². The molecule has 1 aliphatic heterocycles. The zero-order chi connectivity index (χ0) is 17.4. The molecule has 2 heterocycles. The molecule has 0 spiro atoms. The van der Waals surface area contributed by atoms with Crippen molar-refractivity contribution >= 4 is 44.3 Å². The van der Waals surface area contributed by atoms with E-state index in [9.17, 15) is 4.79 Å². The highest BCUT2D eigenvalue weighted by Crippen LogP contribution is 2.36. The summed E-state index contributed by atoms with van der Waals surface area (Å²) in [6.07, 6.45) is 1.91. The Morgan fingerprint density at radius 2 is 1.96 bits per heavy atom. The first-order chi connectivity index (χ1) is 11.4. The Kier molecular flexibility index (Phi) is 4.88. The van der Waals surface area contributed by atoms with Crippen molar-refractivity contribution in [3.05, 3.63) is 22.7 Å². The summed E-state index contributed by atoms with van der Waals surface area (Å²) in [5.41, 5.74) is 2.16. The van der Waals surface area contributed by atoms with Gasteiger partial charge in [0.15, 0.2) is 5.13 Å². The third kappa shape index (κ3) is 3.17. The maximum atomic E-state index is 12.1. The number of fused-ring (bicyclic) bond motifs is 1. The molecule has 1 saturated heterocycles. The molecule has 1 aromatic heterocycles. The van der Waals surface area contributed by atoms with E-state index in [-0.39, 0.29) is 12.1 Å². The fourth-order valence-electron chi connectivity index (χ4n) is 3.14. The molecule has 2 amide bonds. The molecule has 1 fully saturated rings. The van der Waals surface area contributed by atoms with Crippen LogP contribution in [0.15, 0.2) is 12.1 Å². The van der Waals surface area contributed by atoms with Crippen LogP contribution in [0.3, 0.4) is 0 Å². The number of rotatable bonds is 2. The molecule has 0 N–H and O–H groups in total. The standard InChI is InChI=1S/C17H23ClN4OS/c1-11-5-6-13(18)15-14(11)19-16(24-15)22-9-7-12(8-10-22)21(4)17(23)20(2)3/h5-6,12H,7-10H2,1-4H3. The molecule has 0 bridgehead atoms. The van der Waals surface area contributed by atoms with Crippen LogP contribution < -0.4 is 4.90 Å². The van der Waals surface area contributed by atoms with Gasteiger partial charge in [0.1, 0.15) is 0 Å². The lowest BCUT2D eigenvalue weighted by Gasteiger charge is -2.37. The van der Waals surface area contributed by atoms with Crippen molar-refractivity contribution < 1.29 is 4.79 Å². The molecule has 24 heavy (non-hydrogen) atoms. The molecule has 0 saturated carbocycles. The van der Waals surface area contributed by atoms with Gasteiger partial charge in [-0.3, -0.25) is 0 Å². The Labute approximate surface area is 151 Å². The minimum Gasteiger partial charge on any atom is -0.348 e. The molecule has 2 aromatic rings. The Morgan fingerprint density at radius 3 is 2.54 bits per heavy atom. The maximum absolute atomic E-state index is 12.1. The zero-order valence-electron chi connectivity index (χ0n) is 14.5. The number of piperidine rings is 1. The average molecular weight is 367 g/mol. The third-order valence-corrected chi connectivity index (χ3v) is 6.23. The molecule has 130 valence electrons. The molecule has 5 nitrogen and oxygen atoms in total. The van der Waals surface area contributed by atoms with Gasteiger partial charge in [0.25, 0.3) is 0 Å². The predicted octanol–water partition coefficient (Wildman–Crippen LogP) is 3.84. The average Bonchev–Trinajstić information content (AvgIpc) is 3.03. The number of carbonyl (C=O) groups excluding carboxylic acids is 1. The number of anilines is 1. The van der Waals surface area contributed by atoms with E-state index in [0.29, 0.717) is 0 Å². The summed E-state index contributed by atoms with van der Waals surface area (Å²) >= 11 is 7.97. The van der Waals surface area contributed by atoms with Crippen LogP contribution in [0.5, 0.6) is 0 Å². The molecule has 0 radical (unpaired) electrons. The molecule has 0 aliphatic carbocycles. The summed E-state index contributed by atoms with van der Waals surface area (Å²) in [5, 5.41) is 1.80. The summed E-state index contributed by atoms with van der Waals surface area (Å²) in [4.78, 5) is 22.7. The highest BCUT2D eigenvalue weighted by atomic mass is 35.5. The van der Waals surface area contributed by atoms with Crippen LogP contribution in [-0.2, 0) is 0 Å². The minimum absolute atomic E-state index is 0.0656. The van der Waals surface area contributed by atoms with E-state index in [0.717, 1.165) is 51.9 Å². The van der Waals surface area contributed by atoms with Crippen molar-refractivity contribution in [1.29, 1.82) is 0 Å². The molecule has 7 heteroatoms. The van der Waals surface area contributed by atoms with E-state index < -0.39 is 0 Å². The molecule has 0 unspecified atom stereocenters. The first-order valence-corrected chi connectivity index (χ1v) is 9.32. The van der Waals surface area contributed by atoms with E-state index in [4.69, 9.17) is 16.6 Å². The van der Waals surface area contributed by atoms with Gasteiger partial charge in [0, 0.05) is 40.3 Å². The molecular weight excluding hydrogens is 344 g/mol. The van der Waals surface area contributed by atoms with E-state index in [1.165, 1.54) is 0 Å². The van der Waals surface area contributed by atoms with Gasteiger partial charge in [0.2, 0.25) is 0 Å². The van der Waals surface area contributed by atoms with Gasteiger partial charge in [-0.2, -0.15) is 0 Å². The van der Waals surface area contributed by atoms with Crippen molar-refractivity contribution in [2.24, 2.45) is 0 Å². The lowest BCUT2D eigenvalue weighted by molar-refractivity contribution is 0.155. The van der Waals surface area contributed by atoms with Crippen LogP contribution in [0.25, 0.3) is 10.2 Å². The van der Waals surface area contributed by atoms with E-state index in [1.807, 2.05) is 24.1 Å². The van der Waals surface area contributed by atoms with Gasteiger partial charge in [-0.1, -0.05) is 29.0 Å². The first-order valence-electron chi connectivity index (χ1n) is 8.13. The largest absolute Gasteiger partial charge is 0.348 e. The number of hydrogen-bond acceptors (Lipinski definition) is 4. The Hall–Kier alpha value is -1.53. The molecular formula is C17H23ClN4OS. The number of thiazole rings is 1. The van der Waals surface area contributed by atoms with Crippen molar-refractivity contribution in [1.82, 2.24) is 14.8 Å². The summed E-state index contributed by atoms with van der Waals surface area (Å²) in [7, 11) is 5.48. The summed E-state index contributed by atoms with van der Waals surface area (Å²) in [6.45, 7) is 3.88. The van der Waals surface area contributed by atoms with Gasteiger partial charge >= 0.3 is 6.03 Å². The summed E-state index contributed by atoms with van der Waals surface area (Å²) in [6, 6.07) is 4.31. The van der Waals surface area contributed by atoms with Crippen molar-refractivity contribution in [2.75, 3.05) is 39.1 Å². The quantitative estimate of drug-likeness (QED) is 0.810. The van der Waals surface area contributed by atoms with Crippen LogP contribution in [0, 0.1) is 6.92 Å². The molecule has 1 aromatic carbocycles. The van der Waals surface area contributed by atoms with Gasteiger partial charge in [-0.25, -0.2) is 9.78 Å². The zero-order valence-corrected chi connectivity index (χ0v) is 16.1. The molecule has 0 atom stereocenters. The van der Waals surface area contributed by atoms with Crippen molar-refractivity contribution in [2.45, 2.75) is 25.8 Å². The van der Waals surface area contributed by atoms with E-state index in [1.54, 1.807) is 30.3 Å². The number of hydrogen-bond donors (Lipinski definition) is 0. The van der Waals surface area contributed by atoms with Crippen molar-refractivity contribution in [3.63, 3.8) is 0 Å². The smallest absolute Gasteiger partial charge is 0.319 e. The number of benzene rings is 1. The fraction of sp³-hybridized carbons (Fsp3) is 0.529. The van der Waals surface area contributed by atoms with Crippen molar-refractivity contribution in [3.8, 4) is 0 Å². The number of nitrogens with zero attached hydrogens (tertiary/aromatic N) is 4. The number of aromatic nitrogens is 1. The van der Waals surface area contributed by atoms with Gasteiger partial charge in [0.05, 0.1) is 15.2 Å². The van der Waals surface area contributed by atoms with Crippen LogP contribution in [-0.4, -0.2) is 61.1 Å². The second-order valence-corrected chi connectivity index (χ2v) is 7.93. The Bertz CT molecular complexity index is 713. The number of aryl methyl sites for hydroxylation is 1. The lowest BCUT2D eigenvalue weighted by Crippen LogP contribution is -2.48. The number of amides is 2. The third-order valence-electron chi connectivity index (χ3n) is 4.65. The molecule has 3 rings (SSSR count). The SMILES string of the molecule is Cc1ccc(Cl)c2sc(N3CCC(N(C)C(=O)N(C)C)CC3)nc12. The second kappa shape index (κ2) is 6.76. The van der Waals surface area contributed by atoms with Gasteiger partial charge in [-0.05, 0) is 31.4 Å². The fourth-order valence-corrected chi connectivity index (χ4v) is 4.51. The predicted molar refractivity (Wildman–Crippen MR) is 101 cm³/mol. The molecule has 1 aliphatic rings.